The molecule has 0 amide bonds. The monoisotopic (exact) mass is 329 g/mol. The molecule has 2 atom stereocenters. The van der Waals surface area contributed by atoms with Gasteiger partial charge >= 0.3 is 0 Å². The number of hydrogen-bond acceptors (Lipinski definition) is 3. The van der Waals surface area contributed by atoms with Crippen LogP contribution in [0.25, 0.3) is 0 Å². The topological polar surface area (TPSA) is 37.3 Å². The summed E-state index contributed by atoms with van der Waals surface area (Å²) in [7, 11) is 0. The van der Waals surface area contributed by atoms with E-state index in [-0.39, 0.29) is 5.54 Å². The summed E-state index contributed by atoms with van der Waals surface area (Å²) in [5, 5.41) is 3.49. The van der Waals surface area contributed by atoms with Crippen LogP contribution in [0.5, 0.6) is 0 Å². The number of aliphatic imine (C=N–C) groups is 1. The van der Waals surface area contributed by atoms with E-state index in [0.29, 0.717) is 5.92 Å². The Bertz CT molecular complexity index is 868. The predicted molar refractivity (Wildman–Crippen MR) is 103 cm³/mol. The van der Waals surface area contributed by atoms with Crippen molar-refractivity contribution in [3.8, 4) is 0 Å². The molecule has 3 nitrogen and oxygen atoms in total. The van der Waals surface area contributed by atoms with Crippen LogP contribution in [-0.4, -0.2) is 16.7 Å². The highest BCUT2D eigenvalue weighted by molar-refractivity contribution is 5.81. The highest BCUT2D eigenvalue weighted by Crippen LogP contribution is 2.52. The van der Waals surface area contributed by atoms with Crippen molar-refractivity contribution in [1.82, 2.24) is 10.3 Å². The van der Waals surface area contributed by atoms with Gasteiger partial charge in [-0.05, 0) is 49.6 Å². The zero-order valence-electron chi connectivity index (χ0n) is 14.8. The average Bonchev–Trinajstić information content (AvgIpc) is 2.60. The van der Waals surface area contributed by atoms with Gasteiger partial charge in [-0.2, -0.15) is 0 Å². The normalized spacial score (nSPS) is 29.7. The Morgan fingerprint density at radius 3 is 2.88 bits per heavy atom. The van der Waals surface area contributed by atoms with Gasteiger partial charge in [0, 0.05) is 47.9 Å². The number of aromatic nitrogens is 1. The number of hydrogen-bond donors (Lipinski definition) is 1. The molecule has 3 heteroatoms. The molecule has 4 rings (SSSR count). The molecule has 2 aliphatic carbocycles. The van der Waals surface area contributed by atoms with Crippen molar-refractivity contribution in [3.63, 3.8) is 0 Å². The third kappa shape index (κ3) is 2.60. The zero-order valence-corrected chi connectivity index (χ0v) is 14.8. The maximum Gasteiger partial charge on any atom is 0.113 e. The lowest BCUT2D eigenvalue weighted by Crippen LogP contribution is -2.44. The maximum absolute atomic E-state index is 5.18. The Morgan fingerprint density at radius 2 is 2.12 bits per heavy atom. The summed E-state index contributed by atoms with van der Waals surface area (Å²) in [6.07, 6.45) is 16.4. The quantitative estimate of drug-likeness (QED) is 0.641. The molecule has 3 aliphatic rings. The maximum atomic E-state index is 5.18. The van der Waals surface area contributed by atoms with Crippen LogP contribution in [0, 0.1) is 5.92 Å². The fourth-order valence-electron chi connectivity index (χ4n) is 4.36. The first-order valence-corrected chi connectivity index (χ1v) is 8.79. The smallest absolute Gasteiger partial charge is 0.113 e. The van der Waals surface area contributed by atoms with Gasteiger partial charge in [0.05, 0.1) is 0 Å². The molecular weight excluding hydrogens is 306 g/mol. The summed E-state index contributed by atoms with van der Waals surface area (Å²) in [5.74, 6) is 0.402. The van der Waals surface area contributed by atoms with Crippen LogP contribution < -0.4 is 5.32 Å². The number of fused-ring (bicyclic) bond motifs is 3. The molecule has 1 aliphatic heterocycles. The molecular formula is C22H23N3. The van der Waals surface area contributed by atoms with E-state index in [0.717, 1.165) is 24.1 Å². The van der Waals surface area contributed by atoms with E-state index in [9.17, 15) is 0 Å². The number of nitrogens with zero attached hydrogens (tertiary/aromatic N) is 2. The Labute approximate surface area is 149 Å². The van der Waals surface area contributed by atoms with E-state index in [2.05, 4.69) is 55.0 Å². The van der Waals surface area contributed by atoms with Gasteiger partial charge in [0.15, 0.2) is 0 Å². The number of nitrogens with one attached hydrogen (secondary N) is 1. The van der Waals surface area contributed by atoms with Crippen molar-refractivity contribution < 1.29 is 0 Å². The highest BCUT2D eigenvalue weighted by Gasteiger charge is 2.47. The first-order valence-electron chi connectivity index (χ1n) is 8.79. The van der Waals surface area contributed by atoms with Crippen LogP contribution in [0.2, 0.25) is 0 Å². The van der Waals surface area contributed by atoms with Crippen molar-refractivity contribution in [2.45, 2.75) is 32.2 Å². The largest absolute Gasteiger partial charge is 0.359 e. The number of dihydropyridines is 1. The molecule has 25 heavy (non-hydrogen) atoms. The molecule has 2 heterocycles. The third-order valence-electron chi connectivity index (χ3n) is 5.31. The Kier molecular flexibility index (Phi) is 3.79. The Balaban J connectivity index is 1.88. The van der Waals surface area contributed by atoms with Crippen molar-refractivity contribution >= 4 is 6.21 Å². The number of pyridine rings is 1. The van der Waals surface area contributed by atoms with Crippen LogP contribution in [-0.2, 0) is 0 Å². The molecule has 1 aromatic rings. The minimum atomic E-state index is -0.320. The molecule has 0 saturated heterocycles. The fourth-order valence-corrected chi connectivity index (χ4v) is 4.36. The Morgan fingerprint density at radius 1 is 1.32 bits per heavy atom. The third-order valence-corrected chi connectivity index (χ3v) is 5.31. The molecule has 0 radical (unpaired) electrons. The van der Waals surface area contributed by atoms with Gasteiger partial charge in [0.1, 0.15) is 5.54 Å². The van der Waals surface area contributed by atoms with Gasteiger partial charge in [0.25, 0.3) is 0 Å². The van der Waals surface area contributed by atoms with Crippen LogP contribution in [0.1, 0.15) is 32.3 Å². The van der Waals surface area contributed by atoms with Gasteiger partial charge in [-0.3, -0.25) is 9.98 Å². The molecule has 1 N–H and O–H groups in total. The number of allylic oxidation sites excluding steroid dienone is 4. The standard InChI is InChI=1S/C22H23N3/c1-4-19-18-11-15(2)13-22(19,24-14-17-7-9-23-10-8-17)20-6-5-16(3)25-21(20)12-18/h4-11,14,18,25H,3,12-13H2,1-2H3/b19-4+,24-14?. The summed E-state index contributed by atoms with van der Waals surface area (Å²) in [4.78, 5) is 9.27. The molecule has 0 fully saturated rings. The summed E-state index contributed by atoms with van der Waals surface area (Å²) < 4.78 is 0. The van der Waals surface area contributed by atoms with Crippen LogP contribution in [0.4, 0.5) is 0 Å². The second kappa shape index (κ2) is 5.99. The number of rotatable bonds is 2. The van der Waals surface area contributed by atoms with Crippen LogP contribution in [0.15, 0.2) is 88.5 Å². The Hall–Kier alpha value is -2.68. The highest BCUT2D eigenvalue weighted by atomic mass is 15.0. The van der Waals surface area contributed by atoms with Crippen molar-refractivity contribution in [1.29, 1.82) is 0 Å². The predicted octanol–water partition coefficient (Wildman–Crippen LogP) is 4.48. The van der Waals surface area contributed by atoms with E-state index < -0.39 is 0 Å². The second-order valence-electron chi connectivity index (χ2n) is 7.02. The van der Waals surface area contributed by atoms with Gasteiger partial charge < -0.3 is 5.32 Å². The van der Waals surface area contributed by atoms with Crippen LogP contribution >= 0.6 is 0 Å². The molecule has 2 bridgehead atoms. The van der Waals surface area contributed by atoms with E-state index in [1.165, 1.54) is 22.4 Å². The first-order chi connectivity index (χ1) is 12.1. The first kappa shape index (κ1) is 15.8. The molecule has 0 aromatic carbocycles. The van der Waals surface area contributed by atoms with Gasteiger partial charge in [-0.1, -0.05) is 30.4 Å². The van der Waals surface area contributed by atoms with Gasteiger partial charge in [-0.25, -0.2) is 0 Å². The van der Waals surface area contributed by atoms with Crippen molar-refractivity contribution in [3.05, 3.63) is 89.1 Å². The van der Waals surface area contributed by atoms with E-state index >= 15 is 0 Å². The van der Waals surface area contributed by atoms with E-state index in [1.807, 2.05) is 30.7 Å². The summed E-state index contributed by atoms with van der Waals surface area (Å²) in [6.45, 7) is 8.42. The average molecular weight is 329 g/mol. The lowest BCUT2D eigenvalue weighted by Gasteiger charge is -2.47. The lowest BCUT2D eigenvalue weighted by atomic mass is 9.62. The second-order valence-corrected chi connectivity index (χ2v) is 7.02. The molecule has 0 spiro atoms. The molecule has 2 unspecified atom stereocenters. The molecule has 1 aromatic heterocycles. The summed E-state index contributed by atoms with van der Waals surface area (Å²) >= 11 is 0. The lowest BCUT2D eigenvalue weighted by molar-refractivity contribution is 0.453. The zero-order chi connectivity index (χ0) is 17.4. The minimum absolute atomic E-state index is 0.320. The summed E-state index contributed by atoms with van der Waals surface area (Å²) in [6, 6.07) is 3.99. The van der Waals surface area contributed by atoms with E-state index in [1.54, 1.807) is 0 Å². The van der Waals surface area contributed by atoms with Crippen LogP contribution in [0.3, 0.4) is 0 Å². The van der Waals surface area contributed by atoms with Gasteiger partial charge in [-0.15, -0.1) is 0 Å². The van der Waals surface area contributed by atoms with Crippen molar-refractivity contribution in [2.24, 2.45) is 10.9 Å². The molecule has 126 valence electrons. The van der Waals surface area contributed by atoms with Gasteiger partial charge in [0.2, 0.25) is 0 Å². The van der Waals surface area contributed by atoms with Crippen molar-refractivity contribution in [2.75, 3.05) is 0 Å². The minimum Gasteiger partial charge on any atom is -0.359 e. The SMILES string of the molecule is C=C1C=CC2=C(CC3C=C(C)CC2(N=Cc2ccncc2)/C3=C/C)N1. The van der Waals surface area contributed by atoms with E-state index in [4.69, 9.17) is 4.99 Å². The summed E-state index contributed by atoms with van der Waals surface area (Å²) in [5.41, 5.74) is 7.07. The fraction of sp³-hybridized carbons (Fsp3) is 0.273. The molecule has 0 saturated carbocycles.